The van der Waals surface area contributed by atoms with Crippen LogP contribution in [0.4, 0.5) is 5.69 Å². The third kappa shape index (κ3) is 3.30. The normalized spacial score (nSPS) is 16.1. The number of aliphatic carboxylic acids is 1. The number of anilines is 1. The zero-order valence-electron chi connectivity index (χ0n) is 9.93. The minimum atomic E-state index is -1.01. The molecule has 1 aromatic carbocycles. The fourth-order valence-corrected chi connectivity index (χ4v) is 1.66. The minimum Gasteiger partial charge on any atom is -0.480 e. The van der Waals surface area contributed by atoms with Crippen molar-refractivity contribution in [3.05, 3.63) is 29.8 Å². The summed E-state index contributed by atoms with van der Waals surface area (Å²) in [6, 6.07) is 6.21. The van der Waals surface area contributed by atoms with Crippen LogP contribution in [-0.4, -0.2) is 23.0 Å². The van der Waals surface area contributed by atoms with Crippen molar-refractivity contribution in [1.82, 2.24) is 0 Å². The quantitative estimate of drug-likeness (QED) is 0.724. The number of carboxylic acid groups (broad SMARTS) is 1. The van der Waals surface area contributed by atoms with E-state index in [9.17, 15) is 9.59 Å². The Morgan fingerprint density at radius 2 is 1.94 bits per heavy atom. The predicted octanol–water partition coefficient (Wildman–Crippen LogP) is 0.989. The summed E-state index contributed by atoms with van der Waals surface area (Å²) in [5.74, 6) is -0.781. The zero-order chi connectivity index (χ0) is 13.1. The maximum Gasteiger partial charge on any atom is 0.320 e. The van der Waals surface area contributed by atoms with Gasteiger partial charge in [-0.25, -0.2) is 0 Å². The molecule has 0 bridgehead atoms. The largest absolute Gasteiger partial charge is 0.480 e. The molecule has 1 saturated carbocycles. The summed E-state index contributed by atoms with van der Waals surface area (Å²) in [6.07, 6.45) is 2.22. The molecule has 0 saturated heterocycles. The van der Waals surface area contributed by atoms with Crippen molar-refractivity contribution in [2.75, 3.05) is 5.32 Å². The molecule has 4 N–H and O–H groups in total. The average molecular weight is 248 g/mol. The molecule has 5 nitrogen and oxygen atoms in total. The number of rotatable bonds is 5. The Labute approximate surface area is 105 Å². The van der Waals surface area contributed by atoms with Gasteiger partial charge in [-0.3, -0.25) is 9.59 Å². The van der Waals surface area contributed by atoms with Crippen LogP contribution in [0.15, 0.2) is 24.3 Å². The molecule has 0 aromatic heterocycles. The maximum atomic E-state index is 11.5. The number of nitrogens with two attached hydrogens (primary N) is 1. The molecule has 96 valence electrons. The van der Waals surface area contributed by atoms with Crippen molar-refractivity contribution in [2.24, 2.45) is 11.7 Å². The van der Waals surface area contributed by atoms with E-state index in [0.29, 0.717) is 0 Å². The highest BCUT2D eigenvalue weighted by Gasteiger charge is 2.29. The first-order valence-electron chi connectivity index (χ1n) is 5.94. The lowest BCUT2D eigenvalue weighted by Gasteiger charge is -2.08. The van der Waals surface area contributed by atoms with Crippen LogP contribution in [0, 0.1) is 5.92 Å². The highest BCUT2D eigenvalue weighted by Crippen LogP contribution is 2.30. The Morgan fingerprint density at radius 1 is 1.33 bits per heavy atom. The van der Waals surface area contributed by atoms with Crippen molar-refractivity contribution in [3.8, 4) is 0 Å². The second-order valence-corrected chi connectivity index (χ2v) is 4.61. The topological polar surface area (TPSA) is 92.4 Å². The van der Waals surface area contributed by atoms with Crippen LogP contribution < -0.4 is 11.1 Å². The van der Waals surface area contributed by atoms with Crippen LogP contribution in [0.25, 0.3) is 0 Å². The first-order chi connectivity index (χ1) is 8.56. The van der Waals surface area contributed by atoms with Gasteiger partial charge in [-0.1, -0.05) is 12.1 Å². The van der Waals surface area contributed by atoms with Gasteiger partial charge in [0.05, 0.1) is 0 Å². The molecule has 1 atom stereocenters. The molecule has 1 unspecified atom stereocenters. The van der Waals surface area contributed by atoms with Crippen LogP contribution in [0.1, 0.15) is 18.4 Å². The van der Waals surface area contributed by atoms with Gasteiger partial charge in [0.25, 0.3) is 0 Å². The van der Waals surface area contributed by atoms with Gasteiger partial charge in [-0.15, -0.1) is 0 Å². The van der Waals surface area contributed by atoms with Crippen molar-refractivity contribution >= 4 is 17.6 Å². The zero-order valence-corrected chi connectivity index (χ0v) is 9.93. The van der Waals surface area contributed by atoms with E-state index >= 15 is 0 Å². The van der Waals surface area contributed by atoms with Gasteiger partial charge < -0.3 is 16.2 Å². The Hall–Kier alpha value is -1.88. The smallest absolute Gasteiger partial charge is 0.320 e. The van der Waals surface area contributed by atoms with Crippen molar-refractivity contribution in [3.63, 3.8) is 0 Å². The lowest BCUT2D eigenvalue weighted by atomic mass is 10.1. The summed E-state index contributed by atoms with van der Waals surface area (Å²) in [5, 5.41) is 11.5. The number of benzene rings is 1. The molecule has 1 aromatic rings. The van der Waals surface area contributed by atoms with Crippen molar-refractivity contribution in [1.29, 1.82) is 0 Å². The van der Waals surface area contributed by atoms with Crippen LogP contribution >= 0.6 is 0 Å². The summed E-state index contributed by atoms with van der Waals surface area (Å²) in [7, 11) is 0. The van der Waals surface area contributed by atoms with Gasteiger partial charge in [0.1, 0.15) is 6.04 Å². The summed E-state index contributed by atoms with van der Waals surface area (Å²) >= 11 is 0. The lowest BCUT2D eigenvalue weighted by molar-refractivity contribution is -0.138. The standard InChI is InChI=1S/C13H16N2O3/c14-11(13(17)18)7-8-1-5-10(6-2-8)15-12(16)9-3-4-9/h1-2,5-6,9,11H,3-4,7,14H2,(H,15,16)(H,17,18). The average Bonchev–Trinajstić information content (AvgIpc) is 3.15. The third-order valence-electron chi connectivity index (χ3n) is 2.94. The van der Waals surface area contributed by atoms with E-state index in [2.05, 4.69) is 5.32 Å². The molecule has 0 radical (unpaired) electrons. The van der Waals surface area contributed by atoms with Gasteiger partial charge in [-0.2, -0.15) is 0 Å². The molecule has 1 amide bonds. The maximum absolute atomic E-state index is 11.5. The number of hydrogen-bond donors (Lipinski definition) is 3. The van der Waals surface area contributed by atoms with Crippen LogP contribution in [0.5, 0.6) is 0 Å². The highest BCUT2D eigenvalue weighted by molar-refractivity contribution is 5.94. The molecule has 2 rings (SSSR count). The molecular formula is C13H16N2O3. The second kappa shape index (κ2) is 5.18. The summed E-state index contributed by atoms with van der Waals surface area (Å²) in [4.78, 5) is 22.1. The second-order valence-electron chi connectivity index (χ2n) is 4.61. The Balaban J connectivity index is 1.92. The first-order valence-corrected chi connectivity index (χ1v) is 5.94. The lowest BCUT2D eigenvalue weighted by Crippen LogP contribution is -2.32. The van der Waals surface area contributed by atoms with E-state index < -0.39 is 12.0 Å². The summed E-state index contributed by atoms with van der Waals surface area (Å²) in [6.45, 7) is 0. The van der Waals surface area contributed by atoms with Gasteiger partial charge >= 0.3 is 5.97 Å². The van der Waals surface area contributed by atoms with Gasteiger partial charge in [0.2, 0.25) is 5.91 Å². The highest BCUT2D eigenvalue weighted by atomic mass is 16.4. The van der Waals surface area contributed by atoms with E-state index in [0.717, 1.165) is 24.1 Å². The number of carbonyl (C=O) groups is 2. The van der Waals surface area contributed by atoms with Gasteiger partial charge in [0.15, 0.2) is 0 Å². The van der Waals surface area contributed by atoms with E-state index in [1.807, 2.05) is 0 Å². The molecule has 1 aliphatic carbocycles. The number of carboxylic acids is 1. The molecule has 0 heterocycles. The Bertz CT molecular complexity index is 452. The summed E-state index contributed by atoms with van der Waals surface area (Å²) < 4.78 is 0. The van der Waals surface area contributed by atoms with Crippen LogP contribution in [0.2, 0.25) is 0 Å². The Kier molecular flexibility index (Phi) is 3.62. The number of amides is 1. The van der Waals surface area contributed by atoms with E-state index in [1.54, 1.807) is 24.3 Å². The molecule has 5 heteroatoms. The molecule has 18 heavy (non-hydrogen) atoms. The minimum absolute atomic E-state index is 0.0602. The molecule has 1 fully saturated rings. The van der Waals surface area contributed by atoms with Gasteiger partial charge in [-0.05, 0) is 37.0 Å². The number of hydrogen-bond acceptors (Lipinski definition) is 3. The van der Waals surface area contributed by atoms with Crippen LogP contribution in [-0.2, 0) is 16.0 Å². The SMILES string of the molecule is NC(Cc1ccc(NC(=O)C2CC2)cc1)C(=O)O. The van der Waals surface area contributed by atoms with E-state index in [-0.39, 0.29) is 18.2 Å². The van der Waals surface area contributed by atoms with E-state index in [4.69, 9.17) is 10.8 Å². The number of nitrogens with one attached hydrogen (secondary N) is 1. The van der Waals surface area contributed by atoms with Crippen molar-refractivity contribution < 1.29 is 14.7 Å². The van der Waals surface area contributed by atoms with E-state index in [1.165, 1.54) is 0 Å². The van der Waals surface area contributed by atoms with Gasteiger partial charge in [0, 0.05) is 11.6 Å². The number of carbonyl (C=O) groups excluding carboxylic acids is 1. The van der Waals surface area contributed by atoms with Crippen LogP contribution in [0.3, 0.4) is 0 Å². The molecular weight excluding hydrogens is 232 g/mol. The molecule has 0 aliphatic heterocycles. The molecule has 1 aliphatic rings. The first kappa shape index (κ1) is 12.6. The van der Waals surface area contributed by atoms with Crippen molar-refractivity contribution in [2.45, 2.75) is 25.3 Å². The monoisotopic (exact) mass is 248 g/mol. The fraction of sp³-hybridized carbons (Fsp3) is 0.385. The summed E-state index contributed by atoms with van der Waals surface area (Å²) in [5.41, 5.74) is 7.02. The Morgan fingerprint density at radius 3 is 2.44 bits per heavy atom. The fourth-order valence-electron chi connectivity index (χ4n) is 1.66. The third-order valence-corrected chi connectivity index (χ3v) is 2.94. The predicted molar refractivity (Wildman–Crippen MR) is 67.1 cm³/mol. The molecule has 0 spiro atoms.